The lowest BCUT2D eigenvalue weighted by Crippen LogP contribution is -2.00. The van der Waals surface area contributed by atoms with Crippen molar-refractivity contribution in [2.45, 2.75) is 6.54 Å². The van der Waals surface area contributed by atoms with Gasteiger partial charge in [-0.25, -0.2) is 9.37 Å². The summed E-state index contributed by atoms with van der Waals surface area (Å²) in [4.78, 5) is 3.77. The van der Waals surface area contributed by atoms with Crippen molar-refractivity contribution in [2.24, 2.45) is 0 Å². The molecule has 0 amide bonds. The SMILES string of the molecule is COc1ccc(F)c(NCc2cnco2)c1. The van der Waals surface area contributed by atoms with Gasteiger partial charge in [0, 0.05) is 6.07 Å². The van der Waals surface area contributed by atoms with Crippen LogP contribution < -0.4 is 10.1 Å². The van der Waals surface area contributed by atoms with E-state index in [0.717, 1.165) is 0 Å². The lowest BCUT2D eigenvalue weighted by molar-refractivity contribution is 0.414. The average molecular weight is 222 g/mol. The Balaban J connectivity index is 2.08. The Morgan fingerprint density at radius 3 is 3.06 bits per heavy atom. The van der Waals surface area contributed by atoms with Crippen molar-refractivity contribution in [3.8, 4) is 5.75 Å². The van der Waals surface area contributed by atoms with E-state index in [2.05, 4.69) is 10.3 Å². The van der Waals surface area contributed by atoms with Gasteiger partial charge in [0.15, 0.2) is 6.39 Å². The third-order valence-corrected chi connectivity index (χ3v) is 2.11. The zero-order valence-electron chi connectivity index (χ0n) is 8.74. The molecule has 0 saturated heterocycles. The monoisotopic (exact) mass is 222 g/mol. The molecule has 84 valence electrons. The Labute approximate surface area is 92.1 Å². The fraction of sp³-hybridized carbons (Fsp3) is 0.182. The number of halogens is 1. The van der Waals surface area contributed by atoms with Gasteiger partial charge in [0.1, 0.15) is 17.3 Å². The first-order valence-corrected chi connectivity index (χ1v) is 4.74. The minimum absolute atomic E-state index is 0.333. The molecule has 0 atom stereocenters. The number of methoxy groups -OCH3 is 1. The molecule has 0 spiro atoms. The Kier molecular flexibility index (Phi) is 3.05. The van der Waals surface area contributed by atoms with Gasteiger partial charge in [-0.2, -0.15) is 0 Å². The smallest absolute Gasteiger partial charge is 0.180 e. The van der Waals surface area contributed by atoms with Crippen LogP contribution in [-0.4, -0.2) is 12.1 Å². The number of ether oxygens (including phenoxy) is 1. The number of hydrogen-bond acceptors (Lipinski definition) is 4. The highest BCUT2D eigenvalue weighted by atomic mass is 19.1. The Morgan fingerprint density at radius 2 is 2.38 bits per heavy atom. The minimum atomic E-state index is -0.333. The van der Waals surface area contributed by atoms with Crippen molar-refractivity contribution in [3.63, 3.8) is 0 Å². The van der Waals surface area contributed by atoms with Crippen molar-refractivity contribution < 1.29 is 13.5 Å². The minimum Gasteiger partial charge on any atom is -0.497 e. The first-order chi connectivity index (χ1) is 7.79. The van der Waals surface area contributed by atoms with Crippen molar-refractivity contribution >= 4 is 5.69 Å². The number of hydrogen-bond donors (Lipinski definition) is 1. The predicted octanol–water partition coefficient (Wildman–Crippen LogP) is 2.43. The molecule has 0 aliphatic carbocycles. The van der Waals surface area contributed by atoms with Crippen molar-refractivity contribution in [3.05, 3.63) is 42.4 Å². The van der Waals surface area contributed by atoms with Gasteiger partial charge in [0.25, 0.3) is 0 Å². The van der Waals surface area contributed by atoms with E-state index in [-0.39, 0.29) is 5.82 Å². The standard InChI is InChI=1S/C11H11FN2O2/c1-15-8-2-3-10(12)11(4-8)14-6-9-5-13-7-16-9/h2-5,7,14H,6H2,1H3. The number of rotatable bonds is 4. The molecule has 1 aromatic heterocycles. The molecule has 4 nitrogen and oxygen atoms in total. The molecular weight excluding hydrogens is 211 g/mol. The van der Waals surface area contributed by atoms with Gasteiger partial charge in [-0.3, -0.25) is 0 Å². The molecule has 0 radical (unpaired) electrons. The maximum atomic E-state index is 13.4. The van der Waals surface area contributed by atoms with Crippen LogP contribution in [0.2, 0.25) is 0 Å². The summed E-state index contributed by atoms with van der Waals surface area (Å²) in [6.07, 6.45) is 2.91. The molecule has 0 fully saturated rings. The number of anilines is 1. The van der Waals surface area contributed by atoms with Crippen LogP contribution in [-0.2, 0) is 6.54 Å². The van der Waals surface area contributed by atoms with Crippen LogP contribution >= 0.6 is 0 Å². The summed E-state index contributed by atoms with van der Waals surface area (Å²) < 4.78 is 23.4. The van der Waals surface area contributed by atoms with Crippen LogP contribution in [0.15, 0.2) is 35.2 Å². The summed E-state index contributed by atoms with van der Waals surface area (Å²) in [6.45, 7) is 0.379. The second-order valence-electron chi connectivity index (χ2n) is 3.17. The number of aromatic nitrogens is 1. The fourth-order valence-corrected chi connectivity index (χ4v) is 1.28. The summed E-state index contributed by atoms with van der Waals surface area (Å²) in [6, 6.07) is 4.50. The average Bonchev–Trinajstić information content (AvgIpc) is 2.81. The highest BCUT2D eigenvalue weighted by Gasteiger charge is 2.04. The van der Waals surface area contributed by atoms with E-state index in [1.165, 1.54) is 19.6 Å². The lowest BCUT2D eigenvalue weighted by atomic mass is 10.3. The highest BCUT2D eigenvalue weighted by molar-refractivity contribution is 5.49. The maximum Gasteiger partial charge on any atom is 0.180 e. The molecule has 0 aliphatic heterocycles. The molecule has 0 saturated carbocycles. The van der Waals surface area contributed by atoms with E-state index >= 15 is 0 Å². The van der Waals surface area contributed by atoms with Gasteiger partial charge in [-0.15, -0.1) is 0 Å². The topological polar surface area (TPSA) is 47.3 Å². The van der Waals surface area contributed by atoms with E-state index in [4.69, 9.17) is 9.15 Å². The van der Waals surface area contributed by atoms with Crippen molar-refractivity contribution in [1.29, 1.82) is 0 Å². The molecule has 0 bridgehead atoms. The normalized spacial score (nSPS) is 10.1. The molecule has 1 aromatic carbocycles. The highest BCUT2D eigenvalue weighted by Crippen LogP contribution is 2.21. The van der Waals surface area contributed by atoms with E-state index in [0.29, 0.717) is 23.7 Å². The molecule has 0 unspecified atom stereocenters. The zero-order chi connectivity index (χ0) is 11.4. The molecule has 2 aromatic rings. The third-order valence-electron chi connectivity index (χ3n) is 2.11. The number of nitrogens with one attached hydrogen (secondary N) is 1. The summed E-state index contributed by atoms with van der Waals surface area (Å²) in [5.41, 5.74) is 0.371. The largest absolute Gasteiger partial charge is 0.497 e. The van der Waals surface area contributed by atoms with E-state index in [1.807, 2.05) is 0 Å². The van der Waals surface area contributed by atoms with Crippen LogP contribution in [0.4, 0.5) is 10.1 Å². The first kappa shape index (κ1) is 10.5. The molecule has 1 N–H and O–H groups in total. The molecule has 5 heteroatoms. The van der Waals surface area contributed by atoms with E-state index < -0.39 is 0 Å². The van der Waals surface area contributed by atoms with E-state index in [9.17, 15) is 4.39 Å². The van der Waals surface area contributed by atoms with Gasteiger partial charge in [0.2, 0.25) is 0 Å². The summed E-state index contributed by atoms with van der Waals surface area (Å²) >= 11 is 0. The molecule has 1 heterocycles. The number of benzene rings is 1. The molecule has 2 rings (SSSR count). The molecule has 0 aliphatic rings. The first-order valence-electron chi connectivity index (χ1n) is 4.74. The van der Waals surface area contributed by atoms with Crippen LogP contribution in [0, 0.1) is 5.82 Å². The summed E-state index contributed by atoms with van der Waals surface area (Å²) in [5, 5.41) is 2.90. The van der Waals surface area contributed by atoms with Gasteiger partial charge in [-0.05, 0) is 12.1 Å². The molecular formula is C11H11FN2O2. The van der Waals surface area contributed by atoms with E-state index in [1.54, 1.807) is 18.3 Å². The van der Waals surface area contributed by atoms with Crippen LogP contribution in [0.1, 0.15) is 5.76 Å². The second-order valence-corrected chi connectivity index (χ2v) is 3.17. The van der Waals surface area contributed by atoms with Crippen LogP contribution in [0.3, 0.4) is 0 Å². The predicted molar refractivity (Wildman–Crippen MR) is 56.8 cm³/mol. The van der Waals surface area contributed by atoms with Gasteiger partial charge < -0.3 is 14.5 Å². The Morgan fingerprint density at radius 1 is 1.50 bits per heavy atom. The molecule has 16 heavy (non-hydrogen) atoms. The Bertz CT molecular complexity index is 457. The zero-order valence-corrected chi connectivity index (χ0v) is 8.74. The maximum absolute atomic E-state index is 13.4. The summed E-state index contributed by atoms with van der Waals surface area (Å²) in [5.74, 6) is 0.906. The number of oxazole rings is 1. The quantitative estimate of drug-likeness (QED) is 0.863. The second kappa shape index (κ2) is 4.65. The number of nitrogens with zero attached hydrogens (tertiary/aromatic N) is 1. The van der Waals surface area contributed by atoms with Gasteiger partial charge >= 0.3 is 0 Å². The van der Waals surface area contributed by atoms with Gasteiger partial charge in [-0.1, -0.05) is 0 Å². The lowest BCUT2D eigenvalue weighted by Gasteiger charge is -2.07. The Hall–Kier alpha value is -2.04. The van der Waals surface area contributed by atoms with Gasteiger partial charge in [0.05, 0.1) is 25.5 Å². The van der Waals surface area contributed by atoms with Crippen molar-refractivity contribution in [1.82, 2.24) is 4.98 Å². The fourth-order valence-electron chi connectivity index (χ4n) is 1.28. The van der Waals surface area contributed by atoms with Crippen LogP contribution in [0.25, 0.3) is 0 Å². The van der Waals surface area contributed by atoms with Crippen LogP contribution in [0.5, 0.6) is 5.75 Å². The van der Waals surface area contributed by atoms with Crippen molar-refractivity contribution in [2.75, 3.05) is 12.4 Å². The summed E-state index contributed by atoms with van der Waals surface area (Å²) in [7, 11) is 1.54. The third kappa shape index (κ3) is 2.31.